The average molecular weight is 558 g/mol. The molecule has 2 aliphatic carbocycles. The van der Waals surface area contributed by atoms with E-state index in [0.717, 1.165) is 0 Å². The first-order valence-corrected chi connectivity index (χ1v) is 12.9. The Labute approximate surface area is 228 Å². The highest BCUT2D eigenvalue weighted by Crippen LogP contribution is 2.53. The van der Waals surface area contributed by atoms with E-state index >= 15 is 0 Å². The fraction of sp³-hybridized carbons (Fsp3) is 0.464. The number of methoxy groups -OCH3 is 1. The summed E-state index contributed by atoms with van der Waals surface area (Å²) in [5.41, 5.74) is 3.08. The monoisotopic (exact) mass is 557 g/mol. The summed E-state index contributed by atoms with van der Waals surface area (Å²) in [5.74, 6) is -3.30. The van der Waals surface area contributed by atoms with Gasteiger partial charge in [0.1, 0.15) is 23.9 Å². The molecule has 0 spiro atoms. The SMILES string of the molecule is COc1cccc2c1C(=O)c1c(O)c3c(c(O)c1C2=O)C[C@@](O)(CC(=O)CO)C[C@@H]3O[C@H]1C[C@H](N)[C@H](O)[C@H](C)O1. The molecule has 0 aromatic heterocycles. The molecule has 1 heterocycles. The molecule has 6 atom stereocenters. The minimum Gasteiger partial charge on any atom is -0.507 e. The number of phenols is 2. The van der Waals surface area contributed by atoms with Gasteiger partial charge in [0.15, 0.2) is 17.9 Å². The number of ether oxygens (including phenoxy) is 3. The highest BCUT2D eigenvalue weighted by atomic mass is 16.7. The van der Waals surface area contributed by atoms with Crippen LogP contribution in [-0.2, 0) is 20.7 Å². The van der Waals surface area contributed by atoms with Crippen molar-refractivity contribution in [2.24, 2.45) is 5.73 Å². The van der Waals surface area contributed by atoms with Crippen LogP contribution < -0.4 is 10.5 Å². The number of rotatable bonds is 6. The highest BCUT2D eigenvalue weighted by Gasteiger charge is 2.48. The van der Waals surface area contributed by atoms with Crippen LogP contribution in [0, 0.1) is 0 Å². The van der Waals surface area contributed by atoms with E-state index in [2.05, 4.69) is 0 Å². The zero-order chi connectivity index (χ0) is 29.1. The first-order chi connectivity index (χ1) is 18.9. The number of aromatic hydroxyl groups is 2. The van der Waals surface area contributed by atoms with Gasteiger partial charge in [0, 0.05) is 48.4 Å². The smallest absolute Gasteiger partial charge is 0.202 e. The lowest BCUT2D eigenvalue weighted by atomic mass is 9.71. The number of hydrogen-bond donors (Lipinski definition) is 6. The van der Waals surface area contributed by atoms with Crippen molar-refractivity contribution in [3.05, 3.63) is 51.6 Å². The third-order valence-corrected chi connectivity index (χ3v) is 7.92. The minimum atomic E-state index is -1.85. The molecule has 1 aliphatic heterocycles. The van der Waals surface area contributed by atoms with Crippen LogP contribution in [0.15, 0.2) is 18.2 Å². The van der Waals surface area contributed by atoms with Crippen molar-refractivity contribution in [3.63, 3.8) is 0 Å². The van der Waals surface area contributed by atoms with E-state index in [9.17, 15) is 39.9 Å². The molecule has 214 valence electrons. The topological polar surface area (TPSA) is 206 Å². The Morgan fingerprint density at radius 1 is 1.15 bits per heavy atom. The third kappa shape index (κ3) is 4.46. The molecule has 5 rings (SSSR count). The predicted octanol–water partition coefficient (Wildman–Crippen LogP) is 0.391. The van der Waals surface area contributed by atoms with Gasteiger partial charge in [-0.3, -0.25) is 14.4 Å². The van der Waals surface area contributed by atoms with Gasteiger partial charge in [-0.2, -0.15) is 0 Å². The first kappa shape index (κ1) is 28.1. The van der Waals surface area contributed by atoms with E-state index in [1.165, 1.54) is 25.3 Å². The van der Waals surface area contributed by atoms with Crippen molar-refractivity contribution in [1.29, 1.82) is 0 Å². The Morgan fingerprint density at radius 3 is 2.50 bits per heavy atom. The molecular weight excluding hydrogens is 526 g/mol. The van der Waals surface area contributed by atoms with E-state index in [1.807, 2.05) is 0 Å². The molecular formula is C28H31NO11. The zero-order valence-electron chi connectivity index (χ0n) is 21.9. The summed E-state index contributed by atoms with van der Waals surface area (Å²) in [6.45, 7) is 0.767. The summed E-state index contributed by atoms with van der Waals surface area (Å²) in [7, 11) is 1.33. The van der Waals surface area contributed by atoms with Crippen LogP contribution in [0.4, 0.5) is 0 Å². The minimum absolute atomic E-state index is 0.0297. The molecule has 0 amide bonds. The van der Waals surface area contributed by atoms with Gasteiger partial charge in [-0.1, -0.05) is 12.1 Å². The van der Waals surface area contributed by atoms with Crippen molar-refractivity contribution in [3.8, 4) is 17.2 Å². The molecule has 12 heteroatoms. The van der Waals surface area contributed by atoms with Gasteiger partial charge >= 0.3 is 0 Å². The summed E-state index contributed by atoms with van der Waals surface area (Å²) < 4.78 is 17.1. The number of nitrogens with two attached hydrogens (primary N) is 1. The number of Topliss-reactive ketones (excluding diaryl/α,β-unsaturated/α-hetero) is 1. The fourth-order valence-electron chi connectivity index (χ4n) is 6.02. The Hall–Kier alpha value is -3.39. The molecule has 0 radical (unpaired) electrons. The second-order valence-electron chi connectivity index (χ2n) is 10.6. The molecule has 2 aromatic rings. The molecule has 2 aromatic carbocycles. The fourth-order valence-corrected chi connectivity index (χ4v) is 6.02. The number of ketones is 3. The summed E-state index contributed by atoms with van der Waals surface area (Å²) in [5, 5.41) is 53.9. The molecule has 1 saturated heterocycles. The highest BCUT2D eigenvalue weighted by molar-refractivity contribution is 6.31. The number of aliphatic hydroxyl groups is 3. The van der Waals surface area contributed by atoms with Crippen LogP contribution >= 0.6 is 0 Å². The van der Waals surface area contributed by atoms with Gasteiger partial charge in [0.25, 0.3) is 0 Å². The summed E-state index contributed by atoms with van der Waals surface area (Å²) in [6, 6.07) is 3.70. The van der Waals surface area contributed by atoms with Crippen molar-refractivity contribution in [2.75, 3.05) is 13.7 Å². The van der Waals surface area contributed by atoms with E-state index in [4.69, 9.17) is 19.9 Å². The van der Waals surface area contributed by atoms with Crippen LogP contribution in [0.1, 0.15) is 75.3 Å². The van der Waals surface area contributed by atoms with Gasteiger partial charge in [-0.15, -0.1) is 0 Å². The molecule has 3 aliphatic rings. The number of carbonyl (C=O) groups excluding carboxylic acids is 3. The molecule has 1 fully saturated rings. The lowest BCUT2D eigenvalue weighted by Gasteiger charge is -2.42. The quantitative estimate of drug-likeness (QED) is 0.228. The number of hydrogen-bond acceptors (Lipinski definition) is 12. The standard InChI is InChI=1S/C28H31NO11/c1-11-23(32)15(29)6-18(39-11)40-17-9-28(37,7-12(31)10-30)8-14-20(17)27(36)22-21(25(14)34)24(33)13-4-3-5-16(38-2)19(13)26(22)35/h3-5,11,15,17-18,23,30,32,34,36-37H,6-10,29H2,1-2H3/t11-,15-,17-,18-,23+,28-/m0/s1. The van der Waals surface area contributed by atoms with Crippen LogP contribution in [0.25, 0.3) is 0 Å². The maximum absolute atomic E-state index is 13.7. The molecule has 40 heavy (non-hydrogen) atoms. The van der Waals surface area contributed by atoms with Crippen LogP contribution in [-0.4, -0.2) is 86.7 Å². The van der Waals surface area contributed by atoms with Gasteiger partial charge in [0.2, 0.25) is 5.78 Å². The maximum Gasteiger partial charge on any atom is 0.202 e. The summed E-state index contributed by atoms with van der Waals surface area (Å²) >= 11 is 0. The number of carbonyl (C=O) groups is 3. The first-order valence-electron chi connectivity index (χ1n) is 12.9. The number of phenolic OH excluding ortho intramolecular Hbond substituents is 2. The summed E-state index contributed by atoms with van der Waals surface area (Å²) in [4.78, 5) is 39.4. The van der Waals surface area contributed by atoms with E-state index in [-0.39, 0.29) is 47.3 Å². The Kier molecular flexibility index (Phi) is 7.19. The lowest BCUT2D eigenvalue weighted by Crippen LogP contribution is -2.52. The number of aliphatic hydroxyl groups excluding tert-OH is 2. The molecule has 7 N–H and O–H groups in total. The van der Waals surface area contributed by atoms with E-state index < -0.39 is 89.2 Å². The van der Waals surface area contributed by atoms with Gasteiger partial charge < -0.3 is 45.5 Å². The molecule has 0 bridgehead atoms. The van der Waals surface area contributed by atoms with Crippen molar-refractivity contribution >= 4 is 17.3 Å². The largest absolute Gasteiger partial charge is 0.507 e. The molecule has 0 unspecified atom stereocenters. The average Bonchev–Trinajstić information content (AvgIpc) is 2.91. The van der Waals surface area contributed by atoms with Crippen molar-refractivity contribution < 1.29 is 54.1 Å². The lowest BCUT2D eigenvalue weighted by molar-refractivity contribution is -0.247. The Morgan fingerprint density at radius 2 is 1.85 bits per heavy atom. The van der Waals surface area contributed by atoms with Crippen molar-refractivity contribution in [2.45, 2.75) is 68.9 Å². The van der Waals surface area contributed by atoms with Gasteiger partial charge in [-0.05, 0) is 13.0 Å². The second kappa shape index (κ2) is 10.2. The van der Waals surface area contributed by atoms with Crippen LogP contribution in [0.3, 0.4) is 0 Å². The van der Waals surface area contributed by atoms with Crippen LogP contribution in [0.5, 0.6) is 17.2 Å². The van der Waals surface area contributed by atoms with E-state index in [1.54, 1.807) is 6.92 Å². The van der Waals surface area contributed by atoms with Gasteiger partial charge in [0.05, 0.1) is 47.7 Å². The normalized spacial score (nSPS) is 29.4. The Bertz CT molecular complexity index is 1390. The van der Waals surface area contributed by atoms with Gasteiger partial charge in [-0.25, -0.2) is 0 Å². The zero-order valence-corrected chi connectivity index (χ0v) is 21.9. The van der Waals surface area contributed by atoms with Crippen LogP contribution in [0.2, 0.25) is 0 Å². The third-order valence-electron chi connectivity index (χ3n) is 7.92. The number of fused-ring (bicyclic) bond motifs is 3. The van der Waals surface area contributed by atoms with Crippen molar-refractivity contribution in [1.82, 2.24) is 0 Å². The Balaban J connectivity index is 1.67. The summed E-state index contributed by atoms with van der Waals surface area (Å²) in [6.07, 6.45) is -5.05. The number of benzene rings is 2. The molecule has 12 nitrogen and oxygen atoms in total. The second-order valence-corrected chi connectivity index (χ2v) is 10.6. The predicted molar refractivity (Wildman–Crippen MR) is 136 cm³/mol. The van der Waals surface area contributed by atoms with E-state index in [0.29, 0.717) is 0 Å². The maximum atomic E-state index is 13.7. The molecule has 0 saturated carbocycles.